The van der Waals surface area contributed by atoms with Gasteiger partial charge in [0.25, 0.3) is 15.9 Å². The van der Waals surface area contributed by atoms with Gasteiger partial charge in [0, 0.05) is 18.8 Å². The lowest BCUT2D eigenvalue weighted by molar-refractivity contribution is -0.142. The van der Waals surface area contributed by atoms with Crippen LogP contribution in [0.25, 0.3) is 0 Å². The lowest BCUT2D eigenvalue weighted by Crippen LogP contribution is -2.48. The number of sulfonamides is 1. The maximum absolute atomic E-state index is 13.4. The Bertz CT molecular complexity index is 1600. The standard InChI is InChI=1S/C31H29F2N3O5S/c1-22(31(38)34-19-23-5-3-2-4-6-23)36(20-24-7-9-25(32)10-8-24)30(37)21-41-28-15-17-29(18-16-28)42(39,40)35-27-13-11-26(33)12-14-27/h2-18,22,35H,19-21H2,1H3,(H,34,38). The minimum Gasteiger partial charge on any atom is -0.484 e. The number of hydrogen-bond acceptors (Lipinski definition) is 5. The lowest BCUT2D eigenvalue weighted by atomic mass is 10.1. The number of halogens is 2. The van der Waals surface area contributed by atoms with Gasteiger partial charge in [-0.25, -0.2) is 17.2 Å². The van der Waals surface area contributed by atoms with Crippen molar-refractivity contribution in [1.82, 2.24) is 10.2 Å². The summed E-state index contributed by atoms with van der Waals surface area (Å²) in [5.74, 6) is -1.57. The third-order valence-corrected chi connectivity index (χ3v) is 7.73. The van der Waals surface area contributed by atoms with Crippen LogP contribution in [-0.2, 0) is 32.7 Å². The van der Waals surface area contributed by atoms with Gasteiger partial charge in [-0.2, -0.15) is 0 Å². The van der Waals surface area contributed by atoms with Crippen LogP contribution in [0.5, 0.6) is 5.75 Å². The number of anilines is 1. The van der Waals surface area contributed by atoms with Crippen LogP contribution in [0.3, 0.4) is 0 Å². The van der Waals surface area contributed by atoms with E-state index in [1.165, 1.54) is 65.6 Å². The predicted octanol–water partition coefficient (Wildman–Crippen LogP) is 4.88. The van der Waals surface area contributed by atoms with Crippen LogP contribution in [0.4, 0.5) is 14.5 Å². The number of hydrogen-bond donors (Lipinski definition) is 2. The molecule has 218 valence electrons. The second-order valence-corrected chi connectivity index (χ2v) is 11.1. The van der Waals surface area contributed by atoms with Crippen molar-refractivity contribution in [3.63, 3.8) is 0 Å². The Labute approximate surface area is 243 Å². The Kier molecular flexibility index (Phi) is 9.87. The summed E-state index contributed by atoms with van der Waals surface area (Å²) in [6.45, 7) is 1.48. The second-order valence-electron chi connectivity index (χ2n) is 9.40. The van der Waals surface area contributed by atoms with Crippen LogP contribution in [0.15, 0.2) is 108 Å². The van der Waals surface area contributed by atoms with E-state index < -0.39 is 40.2 Å². The molecule has 0 aliphatic rings. The molecule has 4 aromatic carbocycles. The predicted molar refractivity (Wildman–Crippen MR) is 154 cm³/mol. The SMILES string of the molecule is CC(C(=O)NCc1ccccc1)N(Cc1ccc(F)cc1)C(=O)COc1ccc(S(=O)(=O)Nc2ccc(F)cc2)cc1. The fraction of sp³-hybridized carbons (Fsp3) is 0.161. The zero-order valence-electron chi connectivity index (χ0n) is 22.7. The van der Waals surface area contributed by atoms with E-state index in [1.54, 1.807) is 6.92 Å². The summed E-state index contributed by atoms with van der Waals surface area (Å²) in [6.07, 6.45) is 0. The number of nitrogens with zero attached hydrogens (tertiary/aromatic N) is 1. The molecule has 2 N–H and O–H groups in total. The molecule has 1 unspecified atom stereocenters. The highest BCUT2D eigenvalue weighted by atomic mass is 32.2. The first kappa shape index (κ1) is 30.2. The van der Waals surface area contributed by atoms with Gasteiger partial charge in [0.2, 0.25) is 5.91 Å². The van der Waals surface area contributed by atoms with Crippen molar-refractivity contribution in [3.8, 4) is 5.75 Å². The van der Waals surface area contributed by atoms with Crippen LogP contribution in [0.1, 0.15) is 18.1 Å². The summed E-state index contributed by atoms with van der Waals surface area (Å²) in [4.78, 5) is 27.5. The minimum atomic E-state index is -3.95. The highest BCUT2D eigenvalue weighted by molar-refractivity contribution is 7.92. The smallest absolute Gasteiger partial charge is 0.261 e. The zero-order chi connectivity index (χ0) is 30.1. The van der Waals surface area contributed by atoms with Gasteiger partial charge in [-0.1, -0.05) is 42.5 Å². The largest absolute Gasteiger partial charge is 0.484 e. The molecule has 2 amide bonds. The van der Waals surface area contributed by atoms with E-state index in [-0.39, 0.29) is 35.3 Å². The first-order chi connectivity index (χ1) is 20.1. The van der Waals surface area contributed by atoms with Crippen LogP contribution in [0.2, 0.25) is 0 Å². The van der Waals surface area contributed by atoms with Gasteiger partial charge in [-0.15, -0.1) is 0 Å². The molecule has 0 saturated carbocycles. The van der Waals surface area contributed by atoms with E-state index >= 15 is 0 Å². The van der Waals surface area contributed by atoms with Crippen molar-refractivity contribution in [2.45, 2.75) is 31.0 Å². The molecule has 0 radical (unpaired) electrons. The molecule has 42 heavy (non-hydrogen) atoms. The Morgan fingerprint density at radius 2 is 1.40 bits per heavy atom. The van der Waals surface area contributed by atoms with E-state index in [2.05, 4.69) is 10.0 Å². The number of benzene rings is 4. The summed E-state index contributed by atoms with van der Waals surface area (Å²) in [5, 5.41) is 2.83. The average molecular weight is 594 g/mol. The zero-order valence-corrected chi connectivity index (χ0v) is 23.5. The maximum atomic E-state index is 13.4. The monoisotopic (exact) mass is 593 g/mol. The van der Waals surface area contributed by atoms with Crippen molar-refractivity contribution in [2.24, 2.45) is 0 Å². The van der Waals surface area contributed by atoms with Crippen molar-refractivity contribution in [3.05, 3.63) is 126 Å². The normalized spacial score (nSPS) is 11.8. The number of carbonyl (C=O) groups is 2. The third kappa shape index (κ3) is 8.37. The molecule has 4 rings (SSSR count). The molecule has 0 saturated heterocycles. The molecule has 1 atom stereocenters. The molecule has 0 fully saturated rings. The molecular weight excluding hydrogens is 564 g/mol. The molecule has 0 bridgehead atoms. The minimum absolute atomic E-state index is 0.0363. The molecule has 0 heterocycles. The lowest BCUT2D eigenvalue weighted by Gasteiger charge is -2.28. The van der Waals surface area contributed by atoms with Crippen molar-refractivity contribution < 1.29 is 31.5 Å². The van der Waals surface area contributed by atoms with Gasteiger partial charge < -0.3 is 15.0 Å². The van der Waals surface area contributed by atoms with Gasteiger partial charge in [-0.05, 0) is 78.7 Å². The van der Waals surface area contributed by atoms with Gasteiger partial charge >= 0.3 is 0 Å². The Balaban J connectivity index is 1.41. The van der Waals surface area contributed by atoms with Gasteiger partial charge in [-0.3, -0.25) is 14.3 Å². The number of nitrogens with one attached hydrogen (secondary N) is 2. The number of ether oxygens (including phenoxy) is 1. The summed E-state index contributed by atoms with van der Waals surface area (Å²) in [5.41, 5.74) is 1.72. The Morgan fingerprint density at radius 3 is 2.02 bits per heavy atom. The van der Waals surface area contributed by atoms with Crippen LogP contribution in [0, 0.1) is 11.6 Å². The highest BCUT2D eigenvalue weighted by Gasteiger charge is 2.26. The average Bonchev–Trinajstić information content (AvgIpc) is 3.00. The van der Waals surface area contributed by atoms with E-state index in [1.807, 2.05) is 30.3 Å². The molecular formula is C31H29F2N3O5S. The number of rotatable bonds is 12. The van der Waals surface area contributed by atoms with Crippen molar-refractivity contribution in [2.75, 3.05) is 11.3 Å². The first-order valence-corrected chi connectivity index (χ1v) is 14.5. The molecule has 0 aliphatic heterocycles. The van der Waals surface area contributed by atoms with Gasteiger partial charge in [0.1, 0.15) is 23.4 Å². The third-order valence-electron chi connectivity index (χ3n) is 6.34. The van der Waals surface area contributed by atoms with Crippen LogP contribution in [-0.4, -0.2) is 37.8 Å². The van der Waals surface area contributed by atoms with E-state index in [9.17, 15) is 26.8 Å². The quantitative estimate of drug-likeness (QED) is 0.244. The second kappa shape index (κ2) is 13.7. The molecule has 0 aromatic heterocycles. The summed E-state index contributed by atoms with van der Waals surface area (Å²) >= 11 is 0. The number of carbonyl (C=O) groups excluding carboxylic acids is 2. The number of amides is 2. The van der Waals surface area contributed by atoms with E-state index in [4.69, 9.17) is 4.74 Å². The van der Waals surface area contributed by atoms with E-state index in [0.29, 0.717) is 5.56 Å². The van der Waals surface area contributed by atoms with Gasteiger partial charge in [0.15, 0.2) is 6.61 Å². The Hall–Kier alpha value is -4.77. The van der Waals surface area contributed by atoms with E-state index in [0.717, 1.165) is 17.7 Å². The topological polar surface area (TPSA) is 105 Å². The molecule has 11 heteroatoms. The maximum Gasteiger partial charge on any atom is 0.261 e. The molecule has 4 aromatic rings. The molecule has 8 nitrogen and oxygen atoms in total. The van der Waals surface area contributed by atoms with Crippen molar-refractivity contribution >= 4 is 27.5 Å². The first-order valence-electron chi connectivity index (χ1n) is 13.0. The molecule has 0 spiro atoms. The van der Waals surface area contributed by atoms with Crippen LogP contribution < -0.4 is 14.8 Å². The fourth-order valence-electron chi connectivity index (χ4n) is 3.98. The Morgan fingerprint density at radius 1 is 0.810 bits per heavy atom. The summed E-state index contributed by atoms with van der Waals surface area (Å²) in [6, 6.07) is 24.3. The molecule has 0 aliphatic carbocycles. The highest BCUT2D eigenvalue weighted by Crippen LogP contribution is 2.20. The van der Waals surface area contributed by atoms with Crippen LogP contribution >= 0.6 is 0 Å². The fourth-order valence-corrected chi connectivity index (χ4v) is 5.04. The summed E-state index contributed by atoms with van der Waals surface area (Å²) < 4.78 is 59.9. The summed E-state index contributed by atoms with van der Waals surface area (Å²) in [7, 11) is -3.95. The van der Waals surface area contributed by atoms with Gasteiger partial charge in [0.05, 0.1) is 4.90 Å². The van der Waals surface area contributed by atoms with Crippen molar-refractivity contribution in [1.29, 1.82) is 0 Å².